The van der Waals surface area contributed by atoms with Gasteiger partial charge in [-0.15, -0.1) is 0 Å². The van der Waals surface area contributed by atoms with Crippen LogP contribution in [0.25, 0.3) is 6.08 Å². The standard InChI is InChI=1S/C16H15NO4/c1-2-10-21-16(20)13-8-6-12(7-9-13)4-3-5-14(11-17)15(18)19/h3-9H,2,10H2,1H3,(H,18,19)/b4-3+,14-5+. The van der Waals surface area contributed by atoms with Gasteiger partial charge in [-0.25, -0.2) is 9.59 Å². The van der Waals surface area contributed by atoms with Crippen molar-refractivity contribution in [2.75, 3.05) is 6.61 Å². The van der Waals surface area contributed by atoms with Crippen molar-refractivity contribution in [3.63, 3.8) is 0 Å². The molecule has 21 heavy (non-hydrogen) atoms. The third kappa shape index (κ3) is 5.33. The number of nitriles is 1. The van der Waals surface area contributed by atoms with Gasteiger partial charge in [0.05, 0.1) is 12.2 Å². The molecule has 0 atom stereocenters. The number of hydrogen-bond donors (Lipinski definition) is 1. The van der Waals surface area contributed by atoms with Crippen molar-refractivity contribution in [2.45, 2.75) is 13.3 Å². The number of aliphatic carboxylic acids is 1. The maximum Gasteiger partial charge on any atom is 0.346 e. The Morgan fingerprint density at radius 1 is 1.33 bits per heavy atom. The van der Waals surface area contributed by atoms with Gasteiger partial charge in [-0.2, -0.15) is 5.26 Å². The molecule has 1 aromatic carbocycles. The van der Waals surface area contributed by atoms with Crippen LogP contribution in [0.3, 0.4) is 0 Å². The topological polar surface area (TPSA) is 87.4 Å². The lowest BCUT2D eigenvalue weighted by Gasteiger charge is -2.02. The number of esters is 1. The van der Waals surface area contributed by atoms with Crippen molar-refractivity contribution in [2.24, 2.45) is 0 Å². The van der Waals surface area contributed by atoms with Crippen molar-refractivity contribution in [3.8, 4) is 6.07 Å². The van der Waals surface area contributed by atoms with Crippen LogP contribution in [0, 0.1) is 11.3 Å². The van der Waals surface area contributed by atoms with Gasteiger partial charge < -0.3 is 9.84 Å². The number of allylic oxidation sites excluding steroid dienone is 2. The van der Waals surface area contributed by atoms with Crippen molar-refractivity contribution in [3.05, 3.63) is 53.1 Å². The summed E-state index contributed by atoms with van der Waals surface area (Å²) in [7, 11) is 0. The lowest BCUT2D eigenvalue weighted by atomic mass is 10.1. The van der Waals surface area contributed by atoms with Gasteiger partial charge in [0.1, 0.15) is 11.6 Å². The van der Waals surface area contributed by atoms with E-state index in [1.807, 2.05) is 6.92 Å². The Morgan fingerprint density at radius 3 is 2.52 bits per heavy atom. The Kier molecular flexibility index (Phi) is 6.42. The maximum absolute atomic E-state index is 11.6. The van der Waals surface area contributed by atoms with E-state index in [4.69, 9.17) is 15.1 Å². The summed E-state index contributed by atoms with van der Waals surface area (Å²) in [5, 5.41) is 17.2. The van der Waals surface area contributed by atoms with Gasteiger partial charge in [0, 0.05) is 0 Å². The van der Waals surface area contributed by atoms with E-state index in [9.17, 15) is 9.59 Å². The molecule has 0 saturated carbocycles. The summed E-state index contributed by atoms with van der Waals surface area (Å²) >= 11 is 0. The maximum atomic E-state index is 11.6. The molecule has 0 bridgehead atoms. The molecule has 0 spiro atoms. The zero-order chi connectivity index (χ0) is 15.7. The fourth-order valence-corrected chi connectivity index (χ4v) is 1.42. The van der Waals surface area contributed by atoms with Crippen LogP contribution in [0.2, 0.25) is 0 Å². The molecule has 0 aliphatic rings. The van der Waals surface area contributed by atoms with Gasteiger partial charge in [-0.05, 0) is 30.2 Å². The van der Waals surface area contributed by atoms with Crippen LogP contribution in [0.15, 0.2) is 42.0 Å². The first-order valence-corrected chi connectivity index (χ1v) is 6.37. The Labute approximate surface area is 122 Å². The average Bonchev–Trinajstić information content (AvgIpc) is 2.49. The van der Waals surface area contributed by atoms with Gasteiger partial charge in [0.2, 0.25) is 0 Å². The predicted molar refractivity (Wildman–Crippen MR) is 77.4 cm³/mol. The molecule has 0 aliphatic heterocycles. The number of carbonyl (C=O) groups excluding carboxylic acids is 1. The zero-order valence-corrected chi connectivity index (χ0v) is 11.6. The lowest BCUT2D eigenvalue weighted by molar-refractivity contribution is -0.132. The van der Waals surface area contributed by atoms with Gasteiger partial charge >= 0.3 is 11.9 Å². The highest BCUT2D eigenvalue weighted by atomic mass is 16.5. The summed E-state index contributed by atoms with van der Waals surface area (Å²) in [6.45, 7) is 2.30. The predicted octanol–water partition coefficient (Wildman–Crippen LogP) is 2.80. The van der Waals surface area contributed by atoms with E-state index >= 15 is 0 Å². The van der Waals surface area contributed by atoms with Crippen LogP contribution in [0.1, 0.15) is 29.3 Å². The number of carboxylic acids is 1. The summed E-state index contributed by atoms with van der Waals surface area (Å²) in [4.78, 5) is 22.2. The average molecular weight is 285 g/mol. The van der Waals surface area contributed by atoms with Crippen molar-refractivity contribution < 1.29 is 19.4 Å². The number of nitrogens with zero attached hydrogens (tertiary/aromatic N) is 1. The summed E-state index contributed by atoms with van der Waals surface area (Å²) in [6, 6.07) is 8.25. The number of benzene rings is 1. The molecule has 5 nitrogen and oxygen atoms in total. The monoisotopic (exact) mass is 285 g/mol. The summed E-state index contributed by atoms with van der Waals surface area (Å²) in [5.74, 6) is -1.64. The largest absolute Gasteiger partial charge is 0.477 e. The number of ether oxygens (including phenoxy) is 1. The lowest BCUT2D eigenvalue weighted by Crippen LogP contribution is -2.05. The van der Waals surface area contributed by atoms with Gasteiger partial charge in [0.15, 0.2) is 0 Å². The highest BCUT2D eigenvalue weighted by molar-refractivity contribution is 5.91. The third-order valence-corrected chi connectivity index (χ3v) is 2.49. The Balaban J connectivity index is 2.73. The van der Waals surface area contributed by atoms with Gasteiger partial charge in [-0.1, -0.05) is 31.2 Å². The van der Waals surface area contributed by atoms with E-state index < -0.39 is 5.97 Å². The molecule has 0 aromatic heterocycles. The molecular weight excluding hydrogens is 270 g/mol. The molecule has 0 aliphatic carbocycles. The highest BCUT2D eigenvalue weighted by Crippen LogP contribution is 2.08. The Hall–Kier alpha value is -2.87. The minimum absolute atomic E-state index is 0.342. The summed E-state index contributed by atoms with van der Waals surface area (Å²) < 4.78 is 5.00. The molecule has 0 fully saturated rings. The molecule has 0 unspecified atom stereocenters. The van der Waals surface area contributed by atoms with E-state index in [1.54, 1.807) is 36.4 Å². The van der Waals surface area contributed by atoms with Crippen molar-refractivity contribution in [1.29, 1.82) is 5.26 Å². The summed E-state index contributed by atoms with van der Waals surface area (Å²) in [6.07, 6.45) is 5.09. The van der Waals surface area contributed by atoms with Crippen molar-refractivity contribution >= 4 is 18.0 Å². The molecular formula is C16H15NO4. The molecule has 0 radical (unpaired) electrons. The first-order valence-electron chi connectivity index (χ1n) is 6.37. The van der Waals surface area contributed by atoms with Crippen LogP contribution in [0.4, 0.5) is 0 Å². The fraction of sp³-hybridized carbons (Fsp3) is 0.188. The highest BCUT2D eigenvalue weighted by Gasteiger charge is 2.05. The first kappa shape index (κ1) is 16.2. The molecule has 0 saturated heterocycles. The second-order valence-corrected chi connectivity index (χ2v) is 4.11. The van der Waals surface area contributed by atoms with E-state index in [-0.39, 0.29) is 11.5 Å². The number of rotatable bonds is 6. The SMILES string of the molecule is CCCOC(=O)c1ccc(/C=C/C=C(\C#N)C(=O)O)cc1. The zero-order valence-electron chi connectivity index (χ0n) is 11.6. The molecule has 5 heteroatoms. The van der Waals surface area contributed by atoms with Crippen LogP contribution >= 0.6 is 0 Å². The number of hydrogen-bond acceptors (Lipinski definition) is 4. The second-order valence-electron chi connectivity index (χ2n) is 4.11. The van der Waals surface area contributed by atoms with Crippen LogP contribution < -0.4 is 0 Å². The van der Waals surface area contributed by atoms with Crippen LogP contribution in [-0.2, 0) is 9.53 Å². The van der Waals surface area contributed by atoms with E-state index in [0.29, 0.717) is 12.2 Å². The molecule has 1 aromatic rings. The Bertz CT molecular complexity index is 606. The minimum Gasteiger partial charge on any atom is -0.477 e. The third-order valence-electron chi connectivity index (χ3n) is 2.49. The first-order chi connectivity index (χ1) is 10.1. The molecule has 108 valence electrons. The van der Waals surface area contributed by atoms with E-state index in [1.165, 1.54) is 12.2 Å². The van der Waals surface area contributed by atoms with Crippen LogP contribution in [0.5, 0.6) is 0 Å². The van der Waals surface area contributed by atoms with Crippen LogP contribution in [-0.4, -0.2) is 23.7 Å². The molecule has 0 heterocycles. The quantitative estimate of drug-likeness (QED) is 0.376. The minimum atomic E-state index is -1.27. The number of carbonyl (C=O) groups is 2. The molecule has 1 N–H and O–H groups in total. The van der Waals surface area contributed by atoms with Crippen molar-refractivity contribution in [1.82, 2.24) is 0 Å². The fourth-order valence-electron chi connectivity index (χ4n) is 1.42. The molecule has 1 rings (SSSR count). The van der Waals surface area contributed by atoms with Gasteiger partial charge in [-0.3, -0.25) is 0 Å². The summed E-state index contributed by atoms with van der Waals surface area (Å²) in [5.41, 5.74) is 0.895. The Morgan fingerprint density at radius 2 is 2.00 bits per heavy atom. The smallest absolute Gasteiger partial charge is 0.346 e. The normalized spacial score (nSPS) is 11.1. The number of carboxylic acid groups (broad SMARTS) is 1. The van der Waals surface area contributed by atoms with E-state index in [2.05, 4.69) is 0 Å². The second kappa shape index (κ2) is 8.33. The van der Waals surface area contributed by atoms with E-state index in [0.717, 1.165) is 12.0 Å². The van der Waals surface area contributed by atoms with Gasteiger partial charge in [0.25, 0.3) is 0 Å². The molecule has 0 amide bonds.